The van der Waals surface area contributed by atoms with Crippen LogP contribution < -0.4 is 9.47 Å². The second-order valence-electron chi connectivity index (χ2n) is 8.89. The maximum absolute atomic E-state index is 14.2. The number of piperidine rings is 1. The summed E-state index contributed by atoms with van der Waals surface area (Å²) in [5.41, 5.74) is 2.69. The number of carbonyl (C=O) groups is 1. The van der Waals surface area contributed by atoms with Crippen LogP contribution in [0.2, 0.25) is 0 Å². The van der Waals surface area contributed by atoms with Gasteiger partial charge >= 0.3 is 0 Å². The molecule has 2 aliphatic rings. The molecule has 0 N–H and O–H groups in total. The quantitative estimate of drug-likeness (QED) is 0.458. The van der Waals surface area contributed by atoms with Crippen LogP contribution >= 0.6 is 0 Å². The first kappa shape index (κ1) is 21.5. The van der Waals surface area contributed by atoms with E-state index in [0.29, 0.717) is 18.3 Å². The average Bonchev–Trinajstić information content (AvgIpc) is 3.69. The van der Waals surface area contributed by atoms with E-state index in [1.807, 2.05) is 65.6 Å². The lowest BCUT2D eigenvalue weighted by molar-refractivity contribution is -0.134. The minimum Gasteiger partial charge on any atom is -0.490 e. The third-order valence-corrected chi connectivity index (χ3v) is 6.29. The molecule has 1 saturated carbocycles. The number of hydrogen-bond acceptors (Lipinski definition) is 3. The zero-order chi connectivity index (χ0) is 22.6. The fourth-order valence-electron chi connectivity index (χ4n) is 4.25. The third kappa shape index (κ3) is 5.54. The van der Waals surface area contributed by atoms with Gasteiger partial charge in [-0.1, -0.05) is 42.5 Å². The van der Waals surface area contributed by atoms with Gasteiger partial charge in [0.25, 0.3) is 0 Å². The van der Waals surface area contributed by atoms with Crippen molar-refractivity contribution in [2.24, 2.45) is 5.92 Å². The first-order chi connectivity index (χ1) is 16.1. The monoisotopic (exact) mass is 445 g/mol. The summed E-state index contributed by atoms with van der Waals surface area (Å²) in [5.74, 6) is 1.56. The molecule has 0 aromatic heterocycles. The molecule has 0 atom stereocenters. The van der Waals surface area contributed by atoms with Crippen LogP contribution in [0.3, 0.4) is 0 Å². The highest BCUT2D eigenvalue weighted by Gasteiger charge is 2.35. The number of likely N-dealkylation sites (tertiary alicyclic amines) is 1. The lowest BCUT2D eigenvalue weighted by atomic mass is 10.0. The number of nitrogens with zero attached hydrogens (tertiary/aromatic N) is 1. The van der Waals surface area contributed by atoms with E-state index in [4.69, 9.17) is 9.47 Å². The largest absolute Gasteiger partial charge is 0.490 e. The lowest BCUT2D eigenvalue weighted by Crippen LogP contribution is -2.42. The highest BCUT2D eigenvalue weighted by Crippen LogP contribution is 2.32. The van der Waals surface area contributed by atoms with Crippen molar-refractivity contribution in [3.8, 4) is 22.6 Å². The molecule has 1 heterocycles. The van der Waals surface area contributed by atoms with E-state index in [-0.39, 0.29) is 17.8 Å². The Bertz CT molecular complexity index is 1090. The number of rotatable bonds is 7. The molecule has 0 radical (unpaired) electrons. The summed E-state index contributed by atoms with van der Waals surface area (Å²) in [7, 11) is 0. The molecule has 1 aliphatic carbocycles. The molecule has 0 spiro atoms. The SMILES string of the molecule is O=C(C1CC1)N1CCC(Oc2ccc(-c3cc(F)cc(OCc4ccccc4)c3)cc2)CC1. The number of halogens is 1. The molecule has 5 rings (SSSR count). The second kappa shape index (κ2) is 9.65. The van der Waals surface area contributed by atoms with Gasteiger partial charge in [0.1, 0.15) is 30.0 Å². The Morgan fingerprint density at radius 2 is 1.58 bits per heavy atom. The van der Waals surface area contributed by atoms with E-state index in [0.717, 1.165) is 61.2 Å². The summed E-state index contributed by atoms with van der Waals surface area (Å²) in [6.45, 7) is 1.93. The molecule has 1 saturated heterocycles. The van der Waals surface area contributed by atoms with Gasteiger partial charge in [0.2, 0.25) is 5.91 Å². The molecule has 170 valence electrons. The molecular weight excluding hydrogens is 417 g/mol. The molecule has 3 aromatic carbocycles. The number of ether oxygens (including phenoxy) is 2. The molecule has 5 heteroatoms. The topological polar surface area (TPSA) is 38.8 Å². The number of benzene rings is 3. The normalized spacial score (nSPS) is 16.5. The van der Waals surface area contributed by atoms with Crippen LogP contribution in [0.1, 0.15) is 31.2 Å². The highest BCUT2D eigenvalue weighted by molar-refractivity contribution is 5.81. The minimum atomic E-state index is -0.330. The highest BCUT2D eigenvalue weighted by atomic mass is 19.1. The van der Waals surface area contributed by atoms with Crippen molar-refractivity contribution in [2.45, 2.75) is 38.4 Å². The van der Waals surface area contributed by atoms with Gasteiger partial charge in [-0.25, -0.2) is 4.39 Å². The van der Waals surface area contributed by atoms with Gasteiger partial charge < -0.3 is 14.4 Å². The van der Waals surface area contributed by atoms with E-state index >= 15 is 0 Å². The number of hydrogen-bond donors (Lipinski definition) is 0. The summed E-state index contributed by atoms with van der Waals surface area (Å²) in [4.78, 5) is 14.2. The summed E-state index contributed by atoms with van der Waals surface area (Å²) >= 11 is 0. The van der Waals surface area contributed by atoms with Crippen molar-refractivity contribution < 1.29 is 18.7 Å². The smallest absolute Gasteiger partial charge is 0.225 e. The van der Waals surface area contributed by atoms with Gasteiger partial charge in [0, 0.05) is 37.9 Å². The maximum atomic E-state index is 14.2. The zero-order valence-corrected chi connectivity index (χ0v) is 18.6. The van der Waals surface area contributed by atoms with E-state index in [9.17, 15) is 9.18 Å². The van der Waals surface area contributed by atoms with Crippen molar-refractivity contribution >= 4 is 5.91 Å². The number of amides is 1. The summed E-state index contributed by atoms with van der Waals surface area (Å²) in [6, 6.07) is 22.3. The Kier molecular flexibility index (Phi) is 6.29. The average molecular weight is 446 g/mol. The van der Waals surface area contributed by atoms with Gasteiger partial charge in [-0.15, -0.1) is 0 Å². The second-order valence-corrected chi connectivity index (χ2v) is 8.89. The Balaban J connectivity index is 1.19. The molecular formula is C28H28FNO3. The molecule has 33 heavy (non-hydrogen) atoms. The van der Waals surface area contributed by atoms with Crippen LogP contribution in [0, 0.1) is 11.7 Å². The summed E-state index contributed by atoms with van der Waals surface area (Å²) in [5, 5.41) is 0. The predicted octanol–water partition coefficient (Wildman–Crippen LogP) is 5.85. The third-order valence-electron chi connectivity index (χ3n) is 6.29. The molecule has 2 fully saturated rings. The Morgan fingerprint density at radius 3 is 2.27 bits per heavy atom. The van der Waals surface area contributed by atoms with E-state index in [1.165, 1.54) is 12.1 Å². The van der Waals surface area contributed by atoms with E-state index in [1.54, 1.807) is 0 Å². The van der Waals surface area contributed by atoms with Crippen LogP contribution in [-0.2, 0) is 11.4 Å². The van der Waals surface area contributed by atoms with Gasteiger partial charge in [-0.2, -0.15) is 0 Å². The Hall–Kier alpha value is -3.34. The zero-order valence-electron chi connectivity index (χ0n) is 18.6. The van der Waals surface area contributed by atoms with Crippen molar-refractivity contribution in [1.82, 2.24) is 4.90 Å². The maximum Gasteiger partial charge on any atom is 0.225 e. The van der Waals surface area contributed by atoms with Crippen LogP contribution in [0.5, 0.6) is 11.5 Å². The van der Waals surface area contributed by atoms with Crippen LogP contribution in [0.15, 0.2) is 72.8 Å². The first-order valence-electron chi connectivity index (χ1n) is 11.7. The van der Waals surface area contributed by atoms with Gasteiger partial charge in [0.05, 0.1) is 0 Å². The Morgan fingerprint density at radius 1 is 0.848 bits per heavy atom. The van der Waals surface area contributed by atoms with Crippen LogP contribution in [-0.4, -0.2) is 30.0 Å². The summed E-state index contributed by atoms with van der Waals surface area (Å²) < 4.78 is 26.2. The molecule has 0 unspecified atom stereocenters. The van der Waals surface area contributed by atoms with E-state index < -0.39 is 0 Å². The van der Waals surface area contributed by atoms with Gasteiger partial charge in [-0.3, -0.25) is 4.79 Å². The van der Waals surface area contributed by atoms with Crippen molar-refractivity contribution in [3.63, 3.8) is 0 Å². The van der Waals surface area contributed by atoms with Crippen molar-refractivity contribution in [2.75, 3.05) is 13.1 Å². The lowest BCUT2D eigenvalue weighted by Gasteiger charge is -2.32. The predicted molar refractivity (Wildman–Crippen MR) is 126 cm³/mol. The molecule has 0 bridgehead atoms. The standard InChI is InChI=1S/C28H28FNO3/c29-24-16-23(17-27(18-24)32-19-20-4-2-1-3-5-20)21-8-10-25(11-9-21)33-26-12-14-30(15-13-26)28(31)22-6-7-22/h1-5,8-11,16-18,22,26H,6-7,12-15,19H2. The van der Waals surface area contributed by atoms with Gasteiger partial charge in [-0.05, 0) is 53.8 Å². The van der Waals surface area contributed by atoms with Crippen molar-refractivity contribution in [1.29, 1.82) is 0 Å². The fraction of sp³-hybridized carbons (Fsp3) is 0.321. The fourth-order valence-corrected chi connectivity index (χ4v) is 4.25. The molecule has 1 amide bonds. The Labute approximate surface area is 193 Å². The first-order valence-corrected chi connectivity index (χ1v) is 11.7. The molecule has 4 nitrogen and oxygen atoms in total. The van der Waals surface area contributed by atoms with E-state index in [2.05, 4.69) is 0 Å². The van der Waals surface area contributed by atoms with Gasteiger partial charge in [0.15, 0.2) is 0 Å². The number of carbonyl (C=O) groups excluding carboxylic acids is 1. The molecule has 3 aromatic rings. The summed E-state index contributed by atoms with van der Waals surface area (Å²) in [6.07, 6.45) is 3.92. The van der Waals surface area contributed by atoms with Crippen molar-refractivity contribution in [3.05, 3.63) is 84.2 Å². The molecule has 1 aliphatic heterocycles. The van der Waals surface area contributed by atoms with Crippen LogP contribution in [0.4, 0.5) is 4.39 Å². The van der Waals surface area contributed by atoms with Crippen LogP contribution in [0.25, 0.3) is 11.1 Å². The minimum absolute atomic E-state index is 0.117.